The third-order valence-electron chi connectivity index (χ3n) is 4.20. The number of piperidine rings is 1. The topological polar surface area (TPSA) is 90.5 Å². The van der Waals surface area contributed by atoms with Gasteiger partial charge in [0.15, 0.2) is 0 Å². The standard InChI is InChI=1S/C18H19BrN4O3S/c19-15-9-8-14(27-15)17(25)22-21-16(24)12-5-4-10-23(11-12)18(26)20-13-6-2-1-3-7-13/h1-3,6-9,12H,4-5,10-11H2,(H,20,26)(H,21,24)(H,22,25). The molecule has 1 aliphatic heterocycles. The maximum atomic E-state index is 12.4. The molecule has 1 atom stereocenters. The molecule has 1 aromatic heterocycles. The molecule has 3 N–H and O–H groups in total. The van der Waals surface area contributed by atoms with Gasteiger partial charge in [0.2, 0.25) is 5.91 Å². The van der Waals surface area contributed by atoms with Crippen LogP contribution in [-0.4, -0.2) is 35.8 Å². The van der Waals surface area contributed by atoms with Crippen LogP contribution in [0.1, 0.15) is 22.5 Å². The highest BCUT2D eigenvalue weighted by Gasteiger charge is 2.28. The maximum absolute atomic E-state index is 12.4. The number of para-hydroxylation sites is 1. The molecular weight excluding hydrogens is 432 g/mol. The van der Waals surface area contributed by atoms with Gasteiger partial charge in [0.25, 0.3) is 5.91 Å². The number of urea groups is 1. The summed E-state index contributed by atoms with van der Waals surface area (Å²) in [6, 6.07) is 12.4. The molecule has 7 nitrogen and oxygen atoms in total. The van der Waals surface area contributed by atoms with Crippen LogP contribution in [-0.2, 0) is 4.79 Å². The van der Waals surface area contributed by atoms with E-state index in [0.717, 1.165) is 10.2 Å². The number of thiophene rings is 1. The molecule has 1 saturated heterocycles. The van der Waals surface area contributed by atoms with Crippen molar-refractivity contribution in [2.75, 3.05) is 18.4 Å². The lowest BCUT2D eigenvalue weighted by molar-refractivity contribution is -0.127. The third kappa shape index (κ3) is 5.30. The Morgan fingerprint density at radius 3 is 2.56 bits per heavy atom. The van der Waals surface area contributed by atoms with Gasteiger partial charge in [-0.25, -0.2) is 4.79 Å². The van der Waals surface area contributed by atoms with Crippen LogP contribution in [0.3, 0.4) is 0 Å². The van der Waals surface area contributed by atoms with Crippen LogP contribution in [0.15, 0.2) is 46.3 Å². The molecule has 2 heterocycles. The van der Waals surface area contributed by atoms with E-state index in [1.165, 1.54) is 11.3 Å². The summed E-state index contributed by atoms with van der Waals surface area (Å²) < 4.78 is 0.839. The molecule has 3 rings (SSSR count). The Morgan fingerprint density at radius 2 is 1.85 bits per heavy atom. The van der Waals surface area contributed by atoms with E-state index < -0.39 is 0 Å². The van der Waals surface area contributed by atoms with Gasteiger partial charge in [-0.3, -0.25) is 20.4 Å². The summed E-state index contributed by atoms with van der Waals surface area (Å²) in [5.41, 5.74) is 5.60. The summed E-state index contributed by atoms with van der Waals surface area (Å²) >= 11 is 4.58. The molecule has 4 amide bonds. The minimum absolute atomic E-state index is 0.230. The summed E-state index contributed by atoms with van der Waals surface area (Å²) in [6.07, 6.45) is 1.40. The Balaban J connectivity index is 1.50. The third-order valence-corrected chi connectivity index (χ3v) is 5.82. The van der Waals surface area contributed by atoms with Crippen LogP contribution in [0.25, 0.3) is 0 Å². The van der Waals surface area contributed by atoms with E-state index in [1.54, 1.807) is 17.0 Å². The lowest BCUT2D eigenvalue weighted by Crippen LogP contribution is -2.50. The fourth-order valence-electron chi connectivity index (χ4n) is 2.82. The van der Waals surface area contributed by atoms with E-state index in [0.29, 0.717) is 30.1 Å². The zero-order valence-corrected chi connectivity index (χ0v) is 16.8. The first-order valence-corrected chi connectivity index (χ1v) is 10.1. The Hall–Kier alpha value is -2.39. The van der Waals surface area contributed by atoms with Gasteiger partial charge in [-0.1, -0.05) is 18.2 Å². The molecule has 0 spiro atoms. The monoisotopic (exact) mass is 450 g/mol. The number of anilines is 1. The molecule has 1 unspecified atom stereocenters. The lowest BCUT2D eigenvalue weighted by atomic mass is 9.98. The highest BCUT2D eigenvalue weighted by atomic mass is 79.9. The molecule has 0 saturated carbocycles. The SMILES string of the molecule is O=C(NNC(=O)C1CCCN(C(=O)Nc2ccccc2)C1)c1ccc(Br)s1. The number of likely N-dealkylation sites (tertiary alicyclic amines) is 1. The quantitative estimate of drug-likeness (QED) is 0.626. The van der Waals surface area contributed by atoms with Crippen LogP contribution in [0, 0.1) is 5.92 Å². The van der Waals surface area contributed by atoms with E-state index in [-0.39, 0.29) is 23.8 Å². The van der Waals surface area contributed by atoms with Crippen molar-refractivity contribution in [1.82, 2.24) is 15.8 Å². The Bertz CT molecular complexity index is 827. The molecule has 0 radical (unpaired) electrons. The van der Waals surface area contributed by atoms with E-state index in [2.05, 4.69) is 32.1 Å². The minimum Gasteiger partial charge on any atom is -0.324 e. The molecule has 1 aromatic carbocycles. The number of hydrazine groups is 1. The predicted octanol–water partition coefficient (Wildman–Crippen LogP) is 3.22. The van der Waals surface area contributed by atoms with Crippen molar-refractivity contribution in [2.24, 2.45) is 5.92 Å². The van der Waals surface area contributed by atoms with Gasteiger partial charge < -0.3 is 10.2 Å². The first kappa shape index (κ1) is 19.4. The molecule has 1 fully saturated rings. The van der Waals surface area contributed by atoms with Crippen LogP contribution in [0.4, 0.5) is 10.5 Å². The van der Waals surface area contributed by atoms with Crippen molar-refractivity contribution in [3.05, 3.63) is 51.1 Å². The van der Waals surface area contributed by atoms with E-state index in [1.807, 2.05) is 30.3 Å². The number of amides is 4. The number of nitrogens with one attached hydrogen (secondary N) is 3. The second kappa shape index (κ2) is 9.01. The Kier molecular flexibility index (Phi) is 6.46. The first-order chi connectivity index (χ1) is 13.0. The molecule has 0 aliphatic carbocycles. The van der Waals surface area contributed by atoms with E-state index >= 15 is 0 Å². The van der Waals surface area contributed by atoms with Crippen molar-refractivity contribution in [3.63, 3.8) is 0 Å². The average Bonchev–Trinajstić information content (AvgIpc) is 3.13. The predicted molar refractivity (Wildman–Crippen MR) is 107 cm³/mol. The molecular formula is C18H19BrN4O3S. The van der Waals surface area contributed by atoms with E-state index in [4.69, 9.17) is 0 Å². The van der Waals surface area contributed by atoms with Crippen molar-refractivity contribution < 1.29 is 14.4 Å². The van der Waals surface area contributed by atoms with Gasteiger partial charge in [0, 0.05) is 18.8 Å². The van der Waals surface area contributed by atoms with Gasteiger partial charge in [0.05, 0.1) is 14.6 Å². The van der Waals surface area contributed by atoms with Crippen molar-refractivity contribution in [1.29, 1.82) is 0 Å². The van der Waals surface area contributed by atoms with Gasteiger partial charge in [-0.05, 0) is 53.0 Å². The normalized spacial score (nSPS) is 16.5. The smallest absolute Gasteiger partial charge is 0.321 e. The fraction of sp³-hybridized carbons (Fsp3) is 0.278. The Labute approximate surface area is 169 Å². The van der Waals surface area contributed by atoms with Gasteiger partial charge >= 0.3 is 6.03 Å². The van der Waals surface area contributed by atoms with Gasteiger partial charge in [-0.15, -0.1) is 11.3 Å². The average molecular weight is 451 g/mol. The maximum Gasteiger partial charge on any atom is 0.321 e. The van der Waals surface area contributed by atoms with Crippen LogP contribution in [0.2, 0.25) is 0 Å². The van der Waals surface area contributed by atoms with Crippen molar-refractivity contribution >= 4 is 50.8 Å². The highest BCUT2D eigenvalue weighted by Crippen LogP contribution is 2.22. The molecule has 142 valence electrons. The summed E-state index contributed by atoms with van der Waals surface area (Å²) in [5, 5.41) is 2.83. The molecule has 27 heavy (non-hydrogen) atoms. The van der Waals surface area contributed by atoms with Crippen LogP contribution < -0.4 is 16.2 Å². The summed E-state index contributed by atoms with van der Waals surface area (Å²) in [5.74, 6) is -1.03. The van der Waals surface area contributed by atoms with Crippen LogP contribution in [0.5, 0.6) is 0 Å². The second-order valence-corrected chi connectivity index (χ2v) is 8.59. The van der Waals surface area contributed by atoms with E-state index in [9.17, 15) is 14.4 Å². The zero-order valence-electron chi connectivity index (χ0n) is 14.4. The van der Waals surface area contributed by atoms with Gasteiger partial charge in [-0.2, -0.15) is 0 Å². The molecule has 9 heteroatoms. The number of benzene rings is 1. The largest absolute Gasteiger partial charge is 0.324 e. The number of hydrogen-bond acceptors (Lipinski definition) is 4. The summed E-state index contributed by atoms with van der Waals surface area (Å²) in [4.78, 5) is 38.9. The van der Waals surface area contributed by atoms with Gasteiger partial charge in [0.1, 0.15) is 0 Å². The number of hydrogen-bond donors (Lipinski definition) is 3. The molecule has 2 aromatic rings. The second-order valence-electron chi connectivity index (χ2n) is 6.13. The number of carbonyl (C=O) groups excluding carboxylic acids is 3. The Morgan fingerprint density at radius 1 is 1.07 bits per heavy atom. The fourth-order valence-corrected chi connectivity index (χ4v) is 4.10. The zero-order chi connectivity index (χ0) is 19.2. The molecule has 1 aliphatic rings. The van der Waals surface area contributed by atoms with Crippen molar-refractivity contribution in [2.45, 2.75) is 12.8 Å². The summed E-state index contributed by atoms with van der Waals surface area (Å²) in [7, 11) is 0. The lowest BCUT2D eigenvalue weighted by Gasteiger charge is -2.32. The van der Waals surface area contributed by atoms with Crippen LogP contribution >= 0.6 is 27.3 Å². The number of halogens is 1. The number of rotatable bonds is 3. The summed E-state index contributed by atoms with van der Waals surface area (Å²) in [6.45, 7) is 0.906. The van der Waals surface area contributed by atoms with Crippen molar-refractivity contribution in [3.8, 4) is 0 Å². The number of carbonyl (C=O) groups is 3. The molecule has 0 bridgehead atoms. The highest BCUT2D eigenvalue weighted by molar-refractivity contribution is 9.11. The minimum atomic E-state index is -0.367. The number of nitrogens with zero attached hydrogens (tertiary/aromatic N) is 1. The first-order valence-electron chi connectivity index (χ1n) is 8.49.